The van der Waals surface area contributed by atoms with E-state index in [-0.39, 0.29) is 12.2 Å². The van der Waals surface area contributed by atoms with Crippen molar-refractivity contribution >= 4 is 11.6 Å². The largest absolute Gasteiger partial charge is 0.396 e. The van der Waals surface area contributed by atoms with Crippen LogP contribution in [0, 0.1) is 12.7 Å². The van der Waals surface area contributed by atoms with Crippen LogP contribution in [-0.2, 0) is 6.42 Å². The van der Waals surface area contributed by atoms with E-state index in [9.17, 15) is 9.18 Å². The molecule has 0 fully saturated rings. The molecule has 2 aromatic carbocycles. The van der Waals surface area contributed by atoms with Crippen LogP contribution in [0.3, 0.4) is 0 Å². The summed E-state index contributed by atoms with van der Waals surface area (Å²) in [5, 5.41) is 11.5. The van der Waals surface area contributed by atoms with Crippen LogP contribution in [0.1, 0.15) is 27.9 Å². The molecule has 0 unspecified atom stereocenters. The highest BCUT2D eigenvalue weighted by Gasteiger charge is 2.12. The van der Waals surface area contributed by atoms with Crippen molar-refractivity contribution in [2.45, 2.75) is 19.8 Å². The first-order valence-corrected chi connectivity index (χ1v) is 6.87. The summed E-state index contributed by atoms with van der Waals surface area (Å²) in [7, 11) is 0. The summed E-state index contributed by atoms with van der Waals surface area (Å²) in [6, 6.07) is 11.8. The van der Waals surface area contributed by atoms with Crippen molar-refractivity contribution in [3.63, 3.8) is 0 Å². The number of carbonyl (C=O) groups is 1. The molecule has 0 aliphatic heterocycles. The van der Waals surface area contributed by atoms with Gasteiger partial charge in [0.1, 0.15) is 5.82 Å². The summed E-state index contributed by atoms with van der Waals surface area (Å²) in [5.41, 5.74) is 2.51. The number of halogens is 1. The third-order valence-corrected chi connectivity index (χ3v) is 3.17. The van der Waals surface area contributed by atoms with Gasteiger partial charge in [-0.3, -0.25) is 4.79 Å². The summed E-state index contributed by atoms with van der Waals surface area (Å²) in [5.74, 6) is -0.995. The predicted octanol–water partition coefficient (Wildman–Crippen LogP) is 3.31. The molecule has 0 atom stereocenters. The second-order valence-corrected chi connectivity index (χ2v) is 4.96. The van der Waals surface area contributed by atoms with Crippen molar-refractivity contribution < 1.29 is 14.3 Å². The number of amides is 1. The van der Waals surface area contributed by atoms with Crippen molar-refractivity contribution in [1.82, 2.24) is 0 Å². The van der Waals surface area contributed by atoms with Crippen LogP contribution in [0.4, 0.5) is 10.1 Å². The smallest absolute Gasteiger partial charge is 0.258 e. The highest BCUT2D eigenvalue weighted by atomic mass is 19.1. The van der Waals surface area contributed by atoms with Crippen LogP contribution in [0.25, 0.3) is 0 Å². The summed E-state index contributed by atoms with van der Waals surface area (Å²) >= 11 is 0. The lowest BCUT2D eigenvalue weighted by molar-refractivity contribution is 0.102. The van der Waals surface area contributed by atoms with Gasteiger partial charge in [-0.1, -0.05) is 23.8 Å². The fraction of sp³-hybridized carbons (Fsp3) is 0.235. The Hall–Kier alpha value is -2.20. The van der Waals surface area contributed by atoms with Gasteiger partial charge in [0.2, 0.25) is 0 Å². The summed E-state index contributed by atoms with van der Waals surface area (Å²) < 4.78 is 13.7. The normalized spacial score (nSPS) is 10.4. The van der Waals surface area contributed by atoms with Crippen molar-refractivity contribution in [3.05, 3.63) is 65.0 Å². The number of nitrogens with one attached hydrogen (secondary N) is 1. The van der Waals surface area contributed by atoms with E-state index in [1.54, 1.807) is 12.1 Å². The Labute approximate surface area is 123 Å². The minimum absolute atomic E-state index is 0.0377. The van der Waals surface area contributed by atoms with E-state index in [1.807, 2.05) is 25.1 Å². The number of aryl methyl sites for hydroxylation is 2. The quantitative estimate of drug-likeness (QED) is 0.886. The van der Waals surface area contributed by atoms with Gasteiger partial charge in [-0.05, 0) is 49.6 Å². The van der Waals surface area contributed by atoms with Gasteiger partial charge in [0.25, 0.3) is 5.91 Å². The van der Waals surface area contributed by atoms with Gasteiger partial charge >= 0.3 is 0 Å². The lowest BCUT2D eigenvalue weighted by Gasteiger charge is -2.08. The van der Waals surface area contributed by atoms with E-state index in [0.717, 1.165) is 17.5 Å². The highest BCUT2D eigenvalue weighted by molar-refractivity contribution is 6.04. The topological polar surface area (TPSA) is 49.3 Å². The molecule has 0 heterocycles. The number of benzene rings is 2. The predicted molar refractivity (Wildman–Crippen MR) is 80.9 cm³/mol. The van der Waals surface area contributed by atoms with Crippen molar-refractivity contribution in [3.8, 4) is 0 Å². The van der Waals surface area contributed by atoms with Gasteiger partial charge < -0.3 is 10.4 Å². The van der Waals surface area contributed by atoms with E-state index in [2.05, 4.69) is 5.32 Å². The van der Waals surface area contributed by atoms with E-state index in [4.69, 9.17) is 5.11 Å². The van der Waals surface area contributed by atoms with Gasteiger partial charge in [-0.2, -0.15) is 0 Å². The maximum atomic E-state index is 13.7. The first-order chi connectivity index (χ1) is 10.1. The van der Waals surface area contributed by atoms with Crippen LogP contribution >= 0.6 is 0 Å². The van der Waals surface area contributed by atoms with E-state index >= 15 is 0 Å². The third-order valence-electron chi connectivity index (χ3n) is 3.17. The van der Waals surface area contributed by atoms with E-state index in [1.165, 1.54) is 12.1 Å². The Kier molecular flexibility index (Phi) is 5.06. The molecule has 0 bridgehead atoms. The van der Waals surface area contributed by atoms with Crippen LogP contribution < -0.4 is 5.32 Å². The second kappa shape index (κ2) is 6.99. The SMILES string of the molecule is Cc1ccc(F)c(C(=O)Nc2cccc(CCCO)c2)c1. The first kappa shape index (κ1) is 15.2. The molecule has 2 aromatic rings. The molecule has 0 radical (unpaired) electrons. The molecular formula is C17H18FNO2. The van der Waals surface area contributed by atoms with Crippen LogP contribution in [0.15, 0.2) is 42.5 Å². The van der Waals surface area contributed by atoms with Crippen molar-refractivity contribution in [1.29, 1.82) is 0 Å². The van der Waals surface area contributed by atoms with Gasteiger partial charge in [0.15, 0.2) is 0 Å². The first-order valence-electron chi connectivity index (χ1n) is 6.87. The monoisotopic (exact) mass is 287 g/mol. The Morgan fingerprint density at radius 2 is 2.05 bits per heavy atom. The van der Waals surface area contributed by atoms with Gasteiger partial charge in [0.05, 0.1) is 5.56 Å². The third kappa shape index (κ3) is 4.13. The molecule has 1 amide bonds. The average molecular weight is 287 g/mol. The molecule has 0 saturated carbocycles. The molecule has 0 spiro atoms. The zero-order valence-electron chi connectivity index (χ0n) is 11.9. The summed E-state index contributed by atoms with van der Waals surface area (Å²) in [4.78, 5) is 12.1. The molecule has 21 heavy (non-hydrogen) atoms. The van der Waals surface area contributed by atoms with Crippen molar-refractivity contribution in [2.24, 2.45) is 0 Å². The number of anilines is 1. The lowest BCUT2D eigenvalue weighted by atomic mass is 10.1. The number of hydrogen-bond acceptors (Lipinski definition) is 2. The van der Waals surface area contributed by atoms with Gasteiger partial charge in [-0.25, -0.2) is 4.39 Å². The number of carbonyl (C=O) groups excluding carboxylic acids is 1. The maximum Gasteiger partial charge on any atom is 0.258 e. The van der Waals surface area contributed by atoms with Gasteiger partial charge in [-0.15, -0.1) is 0 Å². The molecule has 2 rings (SSSR count). The van der Waals surface area contributed by atoms with E-state index < -0.39 is 11.7 Å². The fourth-order valence-electron chi connectivity index (χ4n) is 2.10. The zero-order valence-corrected chi connectivity index (χ0v) is 11.9. The molecule has 110 valence electrons. The molecule has 2 N–H and O–H groups in total. The molecule has 0 aliphatic rings. The Morgan fingerprint density at radius 1 is 1.24 bits per heavy atom. The maximum absolute atomic E-state index is 13.7. The average Bonchev–Trinajstić information content (AvgIpc) is 2.48. The number of rotatable bonds is 5. The lowest BCUT2D eigenvalue weighted by Crippen LogP contribution is -2.14. The standard InChI is InChI=1S/C17H18FNO2/c1-12-7-8-16(18)15(10-12)17(21)19-14-6-2-4-13(11-14)5-3-9-20/h2,4,6-8,10-11,20H,3,5,9H2,1H3,(H,19,21). The summed E-state index contributed by atoms with van der Waals surface area (Å²) in [6.07, 6.45) is 1.41. The Balaban J connectivity index is 2.14. The molecule has 4 heteroatoms. The molecule has 0 aliphatic carbocycles. The number of aliphatic hydroxyl groups is 1. The van der Waals surface area contributed by atoms with Crippen LogP contribution in [0.5, 0.6) is 0 Å². The van der Waals surface area contributed by atoms with E-state index in [0.29, 0.717) is 12.1 Å². The summed E-state index contributed by atoms with van der Waals surface area (Å²) in [6.45, 7) is 1.94. The Morgan fingerprint density at radius 3 is 2.81 bits per heavy atom. The van der Waals surface area contributed by atoms with Crippen LogP contribution in [-0.4, -0.2) is 17.6 Å². The molecule has 0 saturated heterocycles. The zero-order chi connectivity index (χ0) is 15.2. The molecular weight excluding hydrogens is 269 g/mol. The second-order valence-electron chi connectivity index (χ2n) is 4.96. The Bertz CT molecular complexity index is 640. The van der Waals surface area contributed by atoms with Gasteiger partial charge in [0, 0.05) is 12.3 Å². The highest BCUT2D eigenvalue weighted by Crippen LogP contribution is 2.16. The van der Waals surface area contributed by atoms with Crippen LogP contribution in [0.2, 0.25) is 0 Å². The van der Waals surface area contributed by atoms with Crippen molar-refractivity contribution in [2.75, 3.05) is 11.9 Å². The fourth-order valence-corrected chi connectivity index (χ4v) is 2.10. The minimum atomic E-state index is -0.533. The minimum Gasteiger partial charge on any atom is -0.396 e. The molecule has 3 nitrogen and oxygen atoms in total. The molecule has 0 aromatic heterocycles. The number of aliphatic hydroxyl groups excluding tert-OH is 1. The number of hydrogen-bond donors (Lipinski definition) is 2.